The molecule has 0 spiro atoms. The number of ether oxygens (including phenoxy) is 1. The third kappa shape index (κ3) is 4.04. The van der Waals surface area contributed by atoms with E-state index < -0.39 is 10.0 Å². The van der Waals surface area contributed by atoms with Gasteiger partial charge in [-0.2, -0.15) is 0 Å². The zero-order valence-electron chi connectivity index (χ0n) is 15.8. The topological polar surface area (TPSA) is 78.9 Å². The van der Waals surface area contributed by atoms with Crippen LogP contribution in [0, 0.1) is 5.92 Å². The lowest BCUT2D eigenvalue weighted by Crippen LogP contribution is -2.31. The minimum Gasteiger partial charge on any atom is -0.503 e. The third-order valence-electron chi connectivity index (χ3n) is 5.21. The fourth-order valence-electron chi connectivity index (χ4n) is 3.53. The second-order valence-corrected chi connectivity index (χ2v) is 10.1. The number of aromatic hydroxyl groups is 1. The Kier molecular flexibility index (Phi) is 5.11. The summed E-state index contributed by atoms with van der Waals surface area (Å²) >= 11 is 1.72. The summed E-state index contributed by atoms with van der Waals surface area (Å²) in [5.74, 6) is 0.857. The second-order valence-electron chi connectivity index (χ2n) is 7.38. The highest BCUT2D eigenvalue weighted by Crippen LogP contribution is 2.43. The Labute approximate surface area is 169 Å². The quantitative estimate of drug-likeness (QED) is 0.667. The van der Waals surface area contributed by atoms with E-state index in [2.05, 4.69) is 22.3 Å². The SMILES string of the molecule is C=CS(=O)(=O)Nc1cc(-c2cc3c(s2)CCN(CC2CC2)C3)cc(OC)c1O. The number of phenolic OH excluding ortho intramolecular Hbond substituents is 1. The molecule has 2 aliphatic rings. The number of phenols is 1. The molecule has 6 nitrogen and oxygen atoms in total. The van der Waals surface area contributed by atoms with E-state index in [4.69, 9.17) is 4.74 Å². The number of fused-ring (bicyclic) bond motifs is 1. The van der Waals surface area contributed by atoms with Gasteiger partial charge in [-0.1, -0.05) is 6.58 Å². The fraction of sp³-hybridized carbons (Fsp3) is 0.400. The first-order valence-electron chi connectivity index (χ1n) is 9.29. The number of benzene rings is 1. The minimum absolute atomic E-state index is 0.0796. The Hall–Kier alpha value is -2.03. The number of anilines is 1. The third-order valence-corrected chi connectivity index (χ3v) is 7.44. The molecule has 0 unspecified atom stereocenters. The van der Waals surface area contributed by atoms with Gasteiger partial charge >= 0.3 is 0 Å². The Morgan fingerprint density at radius 1 is 1.39 bits per heavy atom. The molecule has 4 rings (SSSR count). The number of methoxy groups -OCH3 is 1. The summed E-state index contributed by atoms with van der Waals surface area (Å²) in [5.41, 5.74) is 2.23. The molecule has 0 radical (unpaired) electrons. The van der Waals surface area contributed by atoms with Crippen LogP contribution in [0.15, 0.2) is 30.2 Å². The van der Waals surface area contributed by atoms with Crippen molar-refractivity contribution >= 4 is 27.0 Å². The molecular weight excluding hydrogens is 396 g/mol. The molecule has 28 heavy (non-hydrogen) atoms. The Morgan fingerprint density at radius 2 is 2.18 bits per heavy atom. The molecule has 0 atom stereocenters. The van der Waals surface area contributed by atoms with Crippen molar-refractivity contribution in [2.24, 2.45) is 5.92 Å². The van der Waals surface area contributed by atoms with Crippen LogP contribution in [-0.2, 0) is 23.0 Å². The molecule has 1 aromatic carbocycles. The van der Waals surface area contributed by atoms with Gasteiger partial charge in [0.05, 0.1) is 12.8 Å². The molecule has 1 saturated carbocycles. The largest absolute Gasteiger partial charge is 0.503 e. The summed E-state index contributed by atoms with van der Waals surface area (Å²) in [6, 6.07) is 5.55. The van der Waals surface area contributed by atoms with Crippen molar-refractivity contribution in [3.63, 3.8) is 0 Å². The maximum atomic E-state index is 11.9. The molecule has 0 bridgehead atoms. The lowest BCUT2D eigenvalue weighted by Gasteiger charge is -2.26. The van der Waals surface area contributed by atoms with E-state index in [1.165, 1.54) is 36.9 Å². The van der Waals surface area contributed by atoms with Gasteiger partial charge in [-0.15, -0.1) is 11.3 Å². The highest BCUT2D eigenvalue weighted by molar-refractivity contribution is 7.95. The van der Waals surface area contributed by atoms with Crippen LogP contribution >= 0.6 is 11.3 Å². The van der Waals surface area contributed by atoms with E-state index in [0.29, 0.717) is 0 Å². The van der Waals surface area contributed by atoms with E-state index in [-0.39, 0.29) is 17.2 Å². The maximum absolute atomic E-state index is 11.9. The number of nitrogens with one attached hydrogen (secondary N) is 1. The smallest absolute Gasteiger partial charge is 0.254 e. The molecule has 0 amide bonds. The van der Waals surface area contributed by atoms with Gasteiger partial charge in [0.2, 0.25) is 0 Å². The zero-order chi connectivity index (χ0) is 19.9. The average molecular weight is 421 g/mol. The standard InChI is InChI=1S/C20H24N2O4S2/c1-3-28(24,25)21-16-8-14(9-17(26-2)20(16)23)19-10-15-12-22(11-13-4-5-13)7-6-18(15)27-19/h3,8-10,13,21,23H,1,4-7,11-12H2,2H3. The van der Waals surface area contributed by atoms with Crippen LogP contribution in [0.5, 0.6) is 11.5 Å². The molecule has 2 heterocycles. The molecule has 0 saturated heterocycles. The van der Waals surface area contributed by atoms with Crippen molar-refractivity contribution in [3.8, 4) is 21.9 Å². The fourth-order valence-corrected chi connectivity index (χ4v) is 5.23. The molecule has 1 aliphatic heterocycles. The number of hydrogen-bond donors (Lipinski definition) is 2. The van der Waals surface area contributed by atoms with E-state index in [1.54, 1.807) is 23.5 Å². The number of thiophene rings is 1. The van der Waals surface area contributed by atoms with E-state index in [9.17, 15) is 13.5 Å². The normalized spacial score (nSPS) is 17.2. The molecule has 150 valence electrons. The van der Waals surface area contributed by atoms with Gasteiger partial charge in [0.15, 0.2) is 11.5 Å². The number of sulfonamides is 1. The number of nitrogens with zero attached hydrogens (tertiary/aromatic N) is 1. The monoisotopic (exact) mass is 420 g/mol. The maximum Gasteiger partial charge on any atom is 0.254 e. The van der Waals surface area contributed by atoms with Crippen LogP contribution in [0.25, 0.3) is 10.4 Å². The molecule has 2 N–H and O–H groups in total. The summed E-state index contributed by atoms with van der Waals surface area (Å²) in [5, 5.41) is 11.1. The lowest BCUT2D eigenvalue weighted by molar-refractivity contribution is 0.246. The van der Waals surface area contributed by atoms with Crippen molar-refractivity contribution in [2.45, 2.75) is 25.8 Å². The average Bonchev–Trinajstić information content (AvgIpc) is 3.38. The zero-order valence-corrected chi connectivity index (χ0v) is 17.4. The molecular formula is C20H24N2O4S2. The predicted octanol–water partition coefficient (Wildman–Crippen LogP) is 3.78. The first kappa shape index (κ1) is 19.3. The Balaban J connectivity index is 1.65. The van der Waals surface area contributed by atoms with Crippen molar-refractivity contribution in [1.82, 2.24) is 4.90 Å². The molecule has 1 aliphatic carbocycles. The van der Waals surface area contributed by atoms with Gasteiger partial charge in [0.25, 0.3) is 10.0 Å². The lowest BCUT2D eigenvalue weighted by atomic mass is 10.1. The van der Waals surface area contributed by atoms with Gasteiger partial charge < -0.3 is 9.84 Å². The van der Waals surface area contributed by atoms with Crippen molar-refractivity contribution in [3.05, 3.63) is 40.6 Å². The molecule has 8 heteroatoms. The second kappa shape index (κ2) is 7.42. The van der Waals surface area contributed by atoms with Crippen LogP contribution < -0.4 is 9.46 Å². The summed E-state index contributed by atoms with van der Waals surface area (Å²) in [6.07, 6.45) is 3.75. The van der Waals surface area contributed by atoms with E-state index >= 15 is 0 Å². The highest BCUT2D eigenvalue weighted by Gasteiger charge is 2.27. The molecule has 2 aromatic rings. The van der Waals surface area contributed by atoms with Gasteiger partial charge in [-0.25, -0.2) is 8.42 Å². The van der Waals surface area contributed by atoms with Crippen molar-refractivity contribution < 1.29 is 18.3 Å². The van der Waals surface area contributed by atoms with Crippen LogP contribution in [0.2, 0.25) is 0 Å². The predicted molar refractivity (Wildman–Crippen MR) is 112 cm³/mol. The summed E-state index contributed by atoms with van der Waals surface area (Å²) in [6.45, 7) is 6.53. The number of rotatable bonds is 7. The summed E-state index contributed by atoms with van der Waals surface area (Å²) in [4.78, 5) is 4.94. The van der Waals surface area contributed by atoms with Crippen LogP contribution in [-0.4, -0.2) is 38.6 Å². The van der Waals surface area contributed by atoms with Gasteiger partial charge in [0, 0.05) is 34.8 Å². The number of hydrogen-bond acceptors (Lipinski definition) is 6. The van der Waals surface area contributed by atoms with E-state index in [0.717, 1.165) is 41.3 Å². The van der Waals surface area contributed by atoms with Crippen LogP contribution in [0.1, 0.15) is 23.3 Å². The first-order valence-corrected chi connectivity index (χ1v) is 11.7. The van der Waals surface area contributed by atoms with Gasteiger partial charge in [-0.3, -0.25) is 9.62 Å². The Bertz CT molecular complexity index is 1010. The highest BCUT2D eigenvalue weighted by atomic mass is 32.2. The summed E-state index contributed by atoms with van der Waals surface area (Å²) < 4.78 is 31.3. The summed E-state index contributed by atoms with van der Waals surface area (Å²) in [7, 11) is -2.29. The van der Waals surface area contributed by atoms with Crippen molar-refractivity contribution in [1.29, 1.82) is 0 Å². The molecule has 1 aromatic heterocycles. The van der Waals surface area contributed by atoms with Crippen LogP contribution in [0.3, 0.4) is 0 Å². The first-order chi connectivity index (χ1) is 13.4. The molecule has 1 fully saturated rings. The minimum atomic E-state index is -3.74. The van der Waals surface area contributed by atoms with Crippen LogP contribution in [0.4, 0.5) is 5.69 Å². The van der Waals surface area contributed by atoms with Crippen molar-refractivity contribution in [2.75, 3.05) is 24.9 Å². The van der Waals surface area contributed by atoms with Gasteiger partial charge in [0.1, 0.15) is 0 Å². The van der Waals surface area contributed by atoms with Gasteiger partial charge in [-0.05, 0) is 54.5 Å². The Morgan fingerprint density at radius 3 is 2.86 bits per heavy atom. The van der Waals surface area contributed by atoms with E-state index in [1.807, 2.05) is 0 Å².